The van der Waals surface area contributed by atoms with Gasteiger partial charge in [-0.05, 0) is 49.2 Å². The van der Waals surface area contributed by atoms with Gasteiger partial charge in [-0.2, -0.15) is 0 Å². The van der Waals surface area contributed by atoms with Gasteiger partial charge in [-0.15, -0.1) is 0 Å². The molecule has 0 heterocycles. The Morgan fingerprint density at radius 3 is 1.92 bits per heavy atom. The molecule has 0 bridgehead atoms. The molecule has 0 aliphatic heterocycles. The lowest BCUT2D eigenvalue weighted by Gasteiger charge is -2.22. The van der Waals surface area contributed by atoms with E-state index in [1.165, 1.54) is 6.92 Å². The highest BCUT2D eigenvalue weighted by atomic mass is 16.2. The normalized spacial score (nSPS) is 11.5. The second-order valence-electron chi connectivity index (χ2n) is 6.31. The monoisotopic (exact) mass is 353 g/mol. The van der Waals surface area contributed by atoms with Gasteiger partial charge in [0.25, 0.3) is 0 Å². The van der Waals surface area contributed by atoms with Crippen LogP contribution in [0.2, 0.25) is 0 Å². The molecular formula is C20H23N3O3. The fraction of sp³-hybridized carbons (Fsp3) is 0.250. The zero-order valence-electron chi connectivity index (χ0n) is 15.1. The van der Waals surface area contributed by atoms with Crippen molar-refractivity contribution in [3.63, 3.8) is 0 Å². The molecule has 0 saturated heterocycles. The van der Waals surface area contributed by atoms with Crippen LogP contribution in [0.25, 0.3) is 0 Å². The van der Waals surface area contributed by atoms with Gasteiger partial charge in [-0.25, -0.2) is 4.79 Å². The van der Waals surface area contributed by atoms with Crippen LogP contribution >= 0.6 is 0 Å². The molecule has 0 spiro atoms. The topological polar surface area (TPSA) is 87.3 Å². The van der Waals surface area contributed by atoms with Crippen molar-refractivity contribution in [1.29, 1.82) is 0 Å². The van der Waals surface area contributed by atoms with Gasteiger partial charge in [0.15, 0.2) is 5.78 Å². The van der Waals surface area contributed by atoms with E-state index in [-0.39, 0.29) is 17.6 Å². The quantitative estimate of drug-likeness (QED) is 0.692. The Bertz CT molecular complexity index is 771. The van der Waals surface area contributed by atoms with Gasteiger partial charge in [0, 0.05) is 16.9 Å². The van der Waals surface area contributed by atoms with Crippen LogP contribution in [0.15, 0.2) is 54.6 Å². The third kappa shape index (κ3) is 5.44. The molecule has 136 valence electrons. The molecule has 6 heteroatoms. The average molecular weight is 353 g/mol. The van der Waals surface area contributed by atoms with Gasteiger partial charge in [-0.3, -0.25) is 9.59 Å². The fourth-order valence-corrected chi connectivity index (χ4v) is 2.37. The molecule has 3 amide bonds. The van der Waals surface area contributed by atoms with Gasteiger partial charge >= 0.3 is 6.03 Å². The van der Waals surface area contributed by atoms with Crippen LogP contribution in [0.4, 0.5) is 16.2 Å². The second kappa shape index (κ2) is 8.80. The van der Waals surface area contributed by atoms with Crippen molar-refractivity contribution in [2.75, 3.05) is 10.6 Å². The van der Waals surface area contributed by atoms with Crippen LogP contribution in [0, 0.1) is 5.92 Å². The molecule has 0 radical (unpaired) electrons. The third-order valence-corrected chi connectivity index (χ3v) is 3.83. The molecule has 0 aliphatic rings. The third-order valence-electron chi connectivity index (χ3n) is 3.83. The van der Waals surface area contributed by atoms with Crippen molar-refractivity contribution in [3.8, 4) is 0 Å². The highest BCUT2D eigenvalue weighted by Crippen LogP contribution is 2.13. The molecular weight excluding hydrogens is 330 g/mol. The van der Waals surface area contributed by atoms with E-state index >= 15 is 0 Å². The predicted molar refractivity (Wildman–Crippen MR) is 102 cm³/mol. The van der Waals surface area contributed by atoms with Crippen molar-refractivity contribution >= 4 is 29.1 Å². The summed E-state index contributed by atoms with van der Waals surface area (Å²) in [4.78, 5) is 36.0. The Hall–Kier alpha value is -3.15. The summed E-state index contributed by atoms with van der Waals surface area (Å²) < 4.78 is 0. The lowest BCUT2D eigenvalue weighted by Crippen LogP contribution is -2.48. The number of ketones is 1. The van der Waals surface area contributed by atoms with Crippen LogP contribution in [0.3, 0.4) is 0 Å². The Labute approximate surface area is 153 Å². The Kier molecular flexibility index (Phi) is 6.49. The summed E-state index contributed by atoms with van der Waals surface area (Å²) in [5.41, 5.74) is 1.78. The number of rotatable bonds is 6. The van der Waals surface area contributed by atoms with Gasteiger partial charge < -0.3 is 16.0 Å². The van der Waals surface area contributed by atoms with Crippen LogP contribution in [-0.4, -0.2) is 23.8 Å². The number of Topliss-reactive ketones (excluding diaryl/α,β-unsaturated/α-hetero) is 1. The van der Waals surface area contributed by atoms with Gasteiger partial charge in [-0.1, -0.05) is 32.0 Å². The molecule has 0 aliphatic carbocycles. The summed E-state index contributed by atoms with van der Waals surface area (Å²) in [6.07, 6.45) is 0. The van der Waals surface area contributed by atoms with E-state index in [0.717, 1.165) is 0 Å². The van der Waals surface area contributed by atoms with E-state index in [2.05, 4.69) is 16.0 Å². The molecule has 0 fully saturated rings. The van der Waals surface area contributed by atoms with Crippen LogP contribution < -0.4 is 16.0 Å². The molecule has 2 aromatic rings. The molecule has 6 nitrogen and oxygen atoms in total. The number of amides is 3. The SMILES string of the molecule is CC(=O)c1ccc(NC(=O)C(NC(=O)Nc2ccccc2)C(C)C)cc1. The first-order chi connectivity index (χ1) is 12.4. The van der Waals surface area contributed by atoms with Gasteiger partial charge in [0.05, 0.1) is 0 Å². The summed E-state index contributed by atoms with van der Waals surface area (Å²) in [5.74, 6) is -0.464. The number of hydrogen-bond donors (Lipinski definition) is 3. The number of para-hydroxylation sites is 1. The van der Waals surface area contributed by atoms with E-state index in [9.17, 15) is 14.4 Å². The highest BCUT2D eigenvalue weighted by Gasteiger charge is 2.24. The van der Waals surface area contributed by atoms with Crippen molar-refractivity contribution in [2.24, 2.45) is 5.92 Å². The molecule has 2 aromatic carbocycles. The number of nitrogens with one attached hydrogen (secondary N) is 3. The maximum Gasteiger partial charge on any atom is 0.319 e. The van der Waals surface area contributed by atoms with E-state index < -0.39 is 12.1 Å². The summed E-state index contributed by atoms with van der Waals surface area (Å²) in [6, 6.07) is 14.5. The lowest BCUT2D eigenvalue weighted by molar-refractivity contribution is -0.118. The van der Waals surface area contributed by atoms with Crippen LogP contribution in [0.5, 0.6) is 0 Å². The fourth-order valence-electron chi connectivity index (χ4n) is 2.37. The standard InChI is InChI=1S/C20H23N3O3/c1-13(2)18(23-20(26)22-16-7-5-4-6-8-16)19(25)21-17-11-9-15(10-12-17)14(3)24/h4-13,18H,1-3H3,(H,21,25)(H2,22,23,26). The van der Waals surface area contributed by atoms with E-state index in [4.69, 9.17) is 0 Å². The summed E-state index contributed by atoms with van der Waals surface area (Å²) in [6.45, 7) is 5.19. The minimum Gasteiger partial charge on any atom is -0.326 e. The maximum atomic E-state index is 12.5. The first-order valence-electron chi connectivity index (χ1n) is 8.41. The number of carbonyl (C=O) groups is 3. The number of hydrogen-bond acceptors (Lipinski definition) is 3. The van der Waals surface area contributed by atoms with Crippen molar-refractivity contribution in [1.82, 2.24) is 5.32 Å². The maximum absolute atomic E-state index is 12.5. The Balaban J connectivity index is 2.00. The predicted octanol–water partition coefficient (Wildman–Crippen LogP) is 3.67. The van der Waals surface area contributed by atoms with Gasteiger partial charge in [0.2, 0.25) is 5.91 Å². The smallest absolute Gasteiger partial charge is 0.319 e. The van der Waals surface area contributed by atoms with Crippen molar-refractivity contribution < 1.29 is 14.4 Å². The van der Waals surface area contributed by atoms with Gasteiger partial charge in [0.1, 0.15) is 6.04 Å². The number of carbonyl (C=O) groups excluding carboxylic acids is 3. The molecule has 26 heavy (non-hydrogen) atoms. The number of anilines is 2. The number of benzene rings is 2. The van der Waals surface area contributed by atoms with Crippen molar-refractivity contribution in [2.45, 2.75) is 26.8 Å². The molecule has 0 aromatic heterocycles. The van der Waals surface area contributed by atoms with E-state index in [1.807, 2.05) is 32.0 Å². The highest BCUT2D eigenvalue weighted by molar-refractivity contribution is 6.00. The minimum atomic E-state index is -0.703. The molecule has 0 saturated carbocycles. The van der Waals surface area contributed by atoms with Crippen LogP contribution in [0.1, 0.15) is 31.1 Å². The number of urea groups is 1. The first-order valence-corrected chi connectivity index (χ1v) is 8.41. The molecule has 3 N–H and O–H groups in total. The van der Waals surface area contributed by atoms with E-state index in [0.29, 0.717) is 16.9 Å². The van der Waals surface area contributed by atoms with Crippen molar-refractivity contribution in [3.05, 3.63) is 60.2 Å². The molecule has 2 rings (SSSR count). The van der Waals surface area contributed by atoms with E-state index in [1.54, 1.807) is 36.4 Å². The molecule has 1 atom stereocenters. The summed E-state index contributed by atoms with van der Waals surface area (Å²) >= 11 is 0. The largest absolute Gasteiger partial charge is 0.326 e. The summed E-state index contributed by atoms with van der Waals surface area (Å²) in [5, 5.41) is 8.16. The second-order valence-corrected chi connectivity index (χ2v) is 6.31. The summed E-state index contributed by atoms with van der Waals surface area (Å²) in [7, 11) is 0. The molecule has 1 unspecified atom stereocenters. The Morgan fingerprint density at radius 1 is 0.808 bits per heavy atom. The first kappa shape index (κ1) is 19.2. The average Bonchev–Trinajstić information content (AvgIpc) is 2.60. The van der Waals surface area contributed by atoms with Crippen LogP contribution in [-0.2, 0) is 4.79 Å². The lowest BCUT2D eigenvalue weighted by atomic mass is 10.0. The zero-order chi connectivity index (χ0) is 19.1. The Morgan fingerprint density at radius 2 is 1.38 bits per heavy atom. The minimum absolute atomic E-state index is 0.0396. The zero-order valence-corrected chi connectivity index (χ0v) is 15.1.